The molecule has 0 atom stereocenters. The molecule has 1 aromatic heterocycles. The fraction of sp³-hybridized carbons (Fsp3) is 0.200. The highest BCUT2D eigenvalue weighted by Gasteiger charge is 2.21. The van der Waals surface area contributed by atoms with Crippen molar-refractivity contribution in [1.29, 1.82) is 0 Å². The van der Waals surface area contributed by atoms with E-state index in [1.807, 2.05) is 0 Å². The van der Waals surface area contributed by atoms with Crippen LogP contribution in [0.25, 0.3) is 0 Å². The Morgan fingerprint density at radius 3 is 2.52 bits per heavy atom. The average molecular weight is 305 g/mol. The van der Waals surface area contributed by atoms with Crippen LogP contribution in [0.2, 0.25) is 0 Å². The lowest BCUT2D eigenvalue weighted by Crippen LogP contribution is -2.27. The quantitative estimate of drug-likeness (QED) is 0.815. The van der Waals surface area contributed by atoms with Crippen LogP contribution in [0.15, 0.2) is 35.7 Å². The van der Waals surface area contributed by atoms with Gasteiger partial charge < -0.3 is 14.4 Å². The van der Waals surface area contributed by atoms with E-state index in [4.69, 9.17) is 9.47 Å². The Bertz CT molecular complexity index is 665. The van der Waals surface area contributed by atoms with Crippen LogP contribution in [0.5, 0.6) is 5.75 Å². The van der Waals surface area contributed by atoms with Crippen LogP contribution in [0.3, 0.4) is 0 Å². The Labute approximate surface area is 126 Å². The number of para-hydroxylation sites is 1. The Morgan fingerprint density at radius 2 is 1.90 bits per heavy atom. The van der Waals surface area contributed by atoms with Crippen molar-refractivity contribution >= 4 is 28.9 Å². The molecule has 0 aliphatic rings. The zero-order valence-electron chi connectivity index (χ0n) is 12.0. The molecule has 0 radical (unpaired) electrons. The number of rotatable bonds is 4. The zero-order chi connectivity index (χ0) is 15.4. The molecule has 1 aromatic carbocycles. The molecular weight excluding hydrogens is 290 g/mol. The van der Waals surface area contributed by atoms with E-state index in [2.05, 4.69) is 0 Å². The van der Waals surface area contributed by atoms with Crippen molar-refractivity contribution in [2.75, 3.05) is 26.2 Å². The summed E-state index contributed by atoms with van der Waals surface area (Å²) in [5.41, 5.74) is 0.848. The third kappa shape index (κ3) is 3.05. The number of methoxy groups -OCH3 is 2. The third-order valence-corrected chi connectivity index (χ3v) is 3.89. The van der Waals surface area contributed by atoms with E-state index >= 15 is 0 Å². The van der Waals surface area contributed by atoms with Gasteiger partial charge >= 0.3 is 5.97 Å². The van der Waals surface area contributed by atoms with Crippen LogP contribution < -0.4 is 9.64 Å². The first-order valence-electron chi connectivity index (χ1n) is 6.16. The van der Waals surface area contributed by atoms with E-state index in [0.717, 1.165) is 0 Å². The van der Waals surface area contributed by atoms with Gasteiger partial charge in [0.1, 0.15) is 5.75 Å². The van der Waals surface area contributed by atoms with Crippen molar-refractivity contribution in [1.82, 2.24) is 0 Å². The number of hydrogen-bond acceptors (Lipinski definition) is 5. The number of amides is 1. The fourth-order valence-electron chi connectivity index (χ4n) is 1.86. The normalized spacial score (nSPS) is 10.0. The Kier molecular flexibility index (Phi) is 4.59. The lowest BCUT2D eigenvalue weighted by atomic mass is 10.1. The summed E-state index contributed by atoms with van der Waals surface area (Å²) in [4.78, 5) is 26.2. The average Bonchev–Trinajstić information content (AvgIpc) is 3.01. The lowest BCUT2D eigenvalue weighted by molar-refractivity contribution is 0.0601. The minimum absolute atomic E-state index is 0.209. The minimum Gasteiger partial charge on any atom is -0.496 e. The first-order valence-corrected chi connectivity index (χ1v) is 7.04. The number of carbonyl (C=O) groups is 2. The van der Waals surface area contributed by atoms with Gasteiger partial charge in [-0.15, -0.1) is 11.3 Å². The summed E-state index contributed by atoms with van der Waals surface area (Å²) in [5, 5.41) is 1.76. The maximum atomic E-state index is 12.5. The molecule has 1 heterocycles. The standard InChI is InChI=1S/C15H15NO4S/c1-16(14(17)13-8-10(19-2)9-21-13)12-7-5-4-6-11(12)15(18)20-3/h4-9H,1-3H3. The minimum atomic E-state index is -0.478. The first-order chi connectivity index (χ1) is 10.1. The highest BCUT2D eigenvalue weighted by molar-refractivity contribution is 7.12. The molecule has 0 saturated heterocycles. The van der Waals surface area contributed by atoms with Crippen LogP contribution >= 0.6 is 11.3 Å². The Balaban J connectivity index is 2.33. The molecule has 0 fully saturated rings. The molecule has 0 N–H and O–H groups in total. The molecular formula is C15H15NO4S. The summed E-state index contributed by atoms with van der Waals surface area (Å²) in [6.07, 6.45) is 0. The molecule has 0 aliphatic heterocycles. The lowest BCUT2D eigenvalue weighted by Gasteiger charge is -2.19. The number of ether oxygens (including phenoxy) is 2. The summed E-state index contributed by atoms with van der Waals surface area (Å²) in [6, 6.07) is 8.49. The summed E-state index contributed by atoms with van der Waals surface area (Å²) in [6.45, 7) is 0. The van der Waals surface area contributed by atoms with Gasteiger partial charge in [-0.05, 0) is 12.1 Å². The van der Waals surface area contributed by atoms with Gasteiger partial charge in [0.15, 0.2) is 0 Å². The zero-order valence-corrected chi connectivity index (χ0v) is 12.8. The molecule has 2 rings (SSSR count). The van der Waals surface area contributed by atoms with Gasteiger partial charge in [-0.25, -0.2) is 4.79 Å². The molecule has 0 aliphatic carbocycles. The summed E-state index contributed by atoms with van der Waals surface area (Å²) < 4.78 is 9.82. The van der Waals surface area contributed by atoms with Crippen LogP contribution in [0, 0.1) is 0 Å². The molecule has 0 unspecified atom stereocenters. The highest BCUT2D eigenvalue weighted by atomic mass is 32.1. The number of thiophene rings is 1. The Morgan fingerprint density at radius 1 is 1.19 bits per heavy atom. The van der Waals surface area contributed by atoms with Gasteiger partial charge in [-0.2, -0.15) is 0 Å². The largest absolute Gasteiger partial charge is 0.496 e. The van der Waals surface area contributed by atoms with E-state index in [9.17, 15) is 9.59 Å². The number of benzene rings is 1. The van der Waals surface area contributed by atoms with Gasteiger partial charge in [0.2, 0.25) is 0 Å². The van der Waals surface area contributed by atoms with Crippen LogP contribution in [-0.4, -0.2) is 33.1 Å². The highest BCUT2D eigenvalue weighted by Crippen LogP contribution is 2.26. The van der Waals surface area contributed by atoms with Gasteiger partial charge in [0.25, 0.3) is 5.91 Å². The van der Waals surface area contributed by atoms with Crippen molar-refractivity contribution in [2.24, 2.45) is 0 Å². The van der Waals surface area contributed by atoms with Crippen LogP contribution in [-0.2, 0) is 4.74 Å². The second kappa shape index (κ2) is 6.41. The van der Waals surface area contributed by atoms with Gasteiger partial charge in [0, 0.05) is 18.5 Å². The van der Waals surface area contributed by atoms with Crippen molar-refractivity contribution in [3.8, 4) is 5.75 Å². The number of anilines is 1. The predicted molar refractivity (Wildman–Crippen MR) is 81.4 cm³/mol. The molecule has 0 spiro atoms. The van der Waals surface area contributed by atoms with Crippen molar-refractivity contribution in [3.05, 3.63) is 46.2 Å². The van der Waals surface area contributed by atoms with E-state index in [1.54, 1.807) is 49.9 Å². The second-order valence-corrected chi connectivity index (χ2v) is 5.13. The van der Waals surface area contributed by atoms with Crippen molar-refractivity contribution in [3.63, 3.8) is 0 Å². The SMILES string of the molecule is COC(=O)c1ccccc1N(C)C(=O)c1cc(OC)cs1. The van der Waals surface area contributed by atoms with E-state index in [0.29, 0.717) is 21.9 Å². The number of hydrogen-bond donors (Lipinski definition) is 0. The Hall–Kier alpha value is -2.34. The van der Waals surface area contributed by atoms with Crippen molar-refractivity contribution < 1.29 is 19.1 Å². The topological polar surface area (TPSA) is 55.8 Å². The maximum absolute atomic E-state index is 12.5. The van der Waals surface area contributed by atoms with Crippen LogP contribution in [0.4, 0.5) is 5.69 Å². The van der Waals surface area contributed by atoms with Gasteiger partial charge in [0.05, 0.1) is 30.3 Å². The second-order valence-electron chi connectivity index (χ2n) is 4.22. The predicted octanol–water partition coefficient (Wildman–Crippen LogP) is 2.82. The number of nitrogens with zero attached hydrogens (tertiary/aromatic N) is 1. The summed E-state index contributed by atoms with van der Waals surface area (Å²) in [5.74, 6) is -0.0494. The van der Waals surface area contributed by atoms with Gasteiger partial charge in [-0.1, -0.05) is 12.1 Å². The fourth-order valence-corrected chi connectivity index (χ4v) is 2.69. The van der Waals surface area contributed by atoms with Gasteiger partial charge in [-0.3, -0.25) is 4.79 Å². The number of esters is 1. The number of carbonyl (C=O) groups excluding carboxylic acids is 2. The van der Waals surface area contributed by atoms with E-state index in [1.165, 1.54) is 23.3 Å². The third-order valence-electron chi connectivity index (χ3n) is 3.00. The molecule has 5 nitrogen and oxygen atoms in total. The smallest absolute Gasteiger partial charge is 0.339 e. The monoisotopic (exact) mass is 305 g/mol. The molecule has 0 bridgehead atoms. The van der Waals surface area contributed by atoms with E-state index < -0.39 is 5.97 Å². The van der Waals surface area contributed by atoms with Crippen molar-refractivity contribution in [2.45, 2.75) is 0 Å². The molecule has 21 heavy (non-hydrogen) atoms. The maximum Gasteiger partial charge on any atom is 0.339 e. The molecule has 110 valence electrons. The molecule has 0 saturated carbocycles. The summed E-state index contributed by atoms with van der Waals surface area (Å²) in [7, 11) is 4.48. The molecule has 6 heteroatoms. The molecule has 1 amide bonds. The molecule has 2 aromatic rings. The van der Waals surface area contributed by atoms with E-state index in [-0.39, 0.29) is 5.91 Å². The van der Waals surface area contributed by atoms with Crippen LogP contribution in [0.1, 0.15) is 20.0 Å². The first kappa shape index (κ1) is 15.1. The summed E-state index contributed by atoms with van der Waals surface area (Å²) >= 11 is 1.29.